The van der Waals surface area contributed by atoms with Crippen LogP contribution in [0.15, 0.2) is 36.0 Å². The molecule has 2 rings (SSSR count). The largest absolute Gasteiger partial charge is 0.346 e. The number of rotatable bonds is 2. The van der Waals surface area contributed by atoms with Crippen molar-refractivity contribution in [3.8, 4) is 0 Å². The van der Waals surface area contributed by atoms with Gasteiger partial charge >= 0.3 is 0 Å². The Balaban J connectivity index is 2.29. The number of benzene rings is 1. The van der Waals surface area contributed by atoms with Gasteiger partial charge in [-0.05, 0) is 18.6 Å². The third-order valence-corrected chi connectivity index (χ3v) is 2.60. The fourth-order valence-electron chi connectivity index (χ4n) is 1.72. The predicted molar refractivity (Wildman–Crippen MR) is 57.1 cm³/mol. The Morgan fingerprint density at radius 1 is 1.27 bits per heavy atom. The first-order valence-corrected chi connectivity index (χ1v) is 4.90. The van der Waals surface area contributed by atoms with Crippen LogP contribution >= 0.6 is 0 Å². The number of hydrogen-bond acceptors (Lipinski definition) is 2. The lowest BCUT2D eigenvalue weighted by Gasteiger charge is -2.20. The first-order chi connectivity index (χ1) is 7.18. The molecule has 0 heterocycles. The van der Waals surface area contributed by atoms with Gasteiger partial charge in [0.25, 0.3) is 0 Å². The maximum absolute atomic E-state index is 13.4. The second-order valence-corrected chi connectivity index (χ2v) is 3.61. The summed E-state index contributed by atoms with van der Waals surface area (Å²) in [6.07, 6.45) is 2.82. The van der Waals surface area contributed by atoms with Crippen LogP contribution in [0.1, 0.15) is 12.8 Å². The summed E-state index contributed by atoms with van der Waals surface area (Å²) in [4.78, 5) is 12.8. The lowest BCUT2D eigenvalue weighted by atomic mass is 10.2. The maximum Gasteiger partial charge on any atom is 0.157 e. The van der Waals surface area contributed by atoms with E-state index in [-0.39, 0.29) is 11.6 Å². The summed E-state index contributed by atoms with van der Waals surface area (Å²) in [7, 11) is 1.78. The fraction of sp³-hybridized carbons (Fsp3) is 0.250. The number of carbonyl (C=O) groups is 1. The first-order valence-electron chi connectivity index (χ1n) is 4.90. The van der Waals surface area contributed by atoms with Gasteiger partial charge in [-0.3, -0.25) is 4.79 Å². The number of halogens is 1. The first kappa shape index (κ1) is 9.90. The van der Waals surface area contributed by atoms with Gasteiger partial charge in [-0.15, -0.1) is 0 Å². The summed E-state index contributed by atoms with van der Waals surface area (Å²) in [6.45, 7) is 0. The van der Waals surface area contributed by atoms with Gasteiger partial charge in [-0.1, -0.05) is 12.1 Å². The quantitative estimate of drug-likeness (QED) is 0.739. The Labute approximate surface area is 88.0 Å². The highest BCUT2D eigenvalue weighted by Crippen LogP contribution is 2.26. The molecule has 0 spiro atoms. The van der Waals surface area contributed by atoms with Crippen molar-refractivity contribution in [1.82, 2.24) is 0 Å². The molecule has 0 atom stereocenters. The molecule has 1 aliphatic carbocycles. The van der Waals surface area contributed by atoms with Gasteiger partial charge in [0.15, 0.2) is 5.78 Å². The van der Waals surface area contributed by atoms with Crippen LogP contribution in [0.3, 0.4) is 0 Å². The zero-order valence-electron chi connectivity index (χ0n) is 8.53. The van der Waals surface area contributed by atoms with Crippen molar-refractivity contribution in [3.05, 3.63) is 41.9 Å². The Hall–Kier alpha value is -1.64. The molecule has 1 aromatic rings. The molecule has 3 heteroatoms. The van der Waals surface area contributed by atoms with Gasteiger partial charge in [0.1, 0.15) is 5.82 Å². The van der Waals surface area contributed by atoms with Crippen molar-refractivity contribution in [2.45, 2.75) is 12.8 Å². The van der Waals surface area contributed by atoms with Crippen molar-refractivity contribution in [2.75, 3.05) is 11.9 Å². The van der Waals surface area contributed by atoms with Gasteiger partial charge in [-0.25, -0.2) is 4.39 Å². The van der Waals surface area contributed by atoms with E-state index in [2.05, 4.69) is 0 Å². The molecule has 0 radical (unpaired) electrons. The molecule has 0 fully saturated rings. The summed E-state index contributed by atoms with van der Waals surface area (Å²) in [5.74, 6) is -0.145. The Kier molecular flexibility index (Phi) is 2.54. The van der Waals surface area contributed by atoms with Gasteiger partial charge in [0.05, 0.1) is 5.69 Å². The standard InChI is InChI=1S/C12H12FNO/c1-14(9-6-7-10(15)8-9)12-5-3-2-4-11(12)13/h2-5,8H,6-7H2,1H3. The third kappa shape index (κ3) is 1.91. The van der Waals surface area contributed by atoms with Crippen LogP contribution in [0.2, 0.25) is 0 Å². The minimum atomic E-state index is -0.264. The molecule has 15 heavy (non-hydrogen) atoms. The summed E-state index contributed by atoms with van der Waals surface area (Å²) in [5, 5.41) is 0. The highest BCUT2D eigenvalue weighted by molar-refractivity contribution is 5.93. The number of ketones is 1. The Morgan fingerprint density at radius 2 is 2.00 bits per heavy atom. The maximum atomic E-state index is 13.4. The second kappa shape index (κ2) is 3.85. The molecular weight excluding hydrogens is 193 g/mol. The zero-order chi connectivity index (χ0) is 10.8. The van der Waals surface area contributed by atoms with Crippen molar-refractivity contribution in [2.24, 2.45) is 0 Å². The topological polar surface area (TPSA) is 20.3 Å². The van der Waals surface area contributed by atoms with Crippen molar-refractivity contribution < 1.29 is 9.18 Å². The Bertz CT molecular complexity index is 425. The van der Waals surface area contributed by atoms with Crippen molar-refractivity contribution in [3.63, 3.8) is 0 Å². The van der Waals surface area contributed by atoms with Crippen molar-refractivity contribution in [1.29, 1.82) is 0 Å². The monoisotopic (exact) mass is 205 g/mol. The van der Waals surface area contributed by atoms with E-state index in [0.717, 1.165) is 5.70 Å². The lowest BCUT2D eigenvalue weighted by molar-refractivity contribution is -0.114. The summed E-state index contributed by atoms with van der Waals surface area (Å²) >= 11 is 0. The molecular formula is C12H12FNO. The SMILES string of the molecule is CN(C1=CC(=O)CC1)c1ccccc1F. The number of nitrogens with zero attached hydrogens (tertiary/aromatic N) is 1. The smallest absolute Gasteiger partial charge is 0.157 e. The van der Waals surface area contributed by atoms with E-state index < -0.39 is 0 Å². The van der Waals surface area contributed by atoms with E-state index >= 15 is 0 Å². The molecule has 0 saturated carbocycles. The Morgan fingerprint density at radius 3 is 2.60 bits per heavy atom. The number of anilines is 1. The van der Waals surface area contributed by atoms with Crippen molar-refractivity contribution >= 4 is 11.5 Å². The van der Waals surface area contributed by atoms with Crippen LogP contribution in [0, 0.1) is 5.82 Å². The van der Waals surface area contributed by atoms with Gasteiger partial charge in [0.2, 0.25) is 0 Å². The summed E-state index contributed by atoms with van der Waals surface area (Å²) in [5.41, 5.74) is 1.39. The van der Waals surface area contributed by atoms with E-state index in [4.69, 9.17) is 0 Å². The van der Waals surface area contributed by atoms with Gasteiger partial charge < -0.3 is 4.90 Å². The van der Waals surface area contributed by atoms with Crippen LogP contribution in [0.5, 0.6) is 0 Å². The average Bonchev–Trinajstić information content (AvgIpc) is 2.65. The lowest BCUT2D eigenvalue weighted by Crippen LogP contribution is -2.16. The number of para-hydroxylation sites is 1. The number of allylic oxidation sites excluding steroid dienone is 2. The molecule has 0 unspecified atom stereocenters. The van der Waals surface area contributed by atoms with Gasteiger partial charge in [-0.2, -0.15) is 0 Å². The van der Waals surface area contributed by atoms with Crippen LogP contribution < -0.4 is 4.90 Å². The fourth-order valence-corrected chi connectivity index (χ4v) is 1.72. The summed E-state index contributed by atoms with van der Waals surface area (Å²) in [6, 6.07) is 6.56. The molecule has 0 amide bonds. The molecule has 1 aromatic carbocycles. The number of hydrogen-bond donors (Lipinski definition) is 0. The van der Waals surface area contributed by atoms with E-state index in [9.17, 15) is 9.18 Å². The van der Waals surface area contributed by atoms with Crippen LogP contribution in [-0.4, -0.2) is 12.8 Å². The predicted octanol–water partition coefficient (Wildman–Crippen LogP) is 2.51. The van der Waals surface area contributed by atoms with E-state index in [1.165, 1.54) is 6.07 Å². The normalized spacial score (nSPS) is 15.3. The molecule has 1 aliphatic rings. The van der Waals surface area contributed by atoms with E-state index in [1.807, 2.05) is 0 Å². The van der Waals surface area contributed by atoms with Crippen LogP contribution in [0.25, 0.3) is 0 Å². The van der Waals surface area contributed by atoms with Crippen LogP contribution in [0.4, 0.5) is 10.1 Å². The number of carbonyl (C=O) groups excluding carboxylic acids is 1. The molecule has 0 N–H and O–H groups in total. The van der Waals surface area contributed by atoms with Crippen LogP contribution in [-0.2, 0) is 4.79 Å². The average molecular weight is 205 g/mol. The molecule has 0 aromatic heterocycles. The summed E-state index contributed by atoms with van der Waals surface area (Å²) < 4.78 is 13.4. The van der Waals surface area contributed by atoms with E-state index in [0.29, 0.717) is 18.5 Å². The molecule has 0 bridgehead atoms. The highest BCUT2D eigenvalue weighted by Gasteiger charge is 2.17. The minimum Gasteiger partial charge on any atom is -0.346 e. The van der Waals surface area contributed by atoms with E-state index in [1.54, 1.807) is 36.2 Å². The zero-order valence-corrected chi connectivity index (χ0v) is 8.53. The van der Waals surface area contributed by atoms with Gasteiger partial charge in [0, 0.05) is 25.2 Å². The molecule has 0 aliphatic heterocycles. The highest BCUT2D eigenvalue weighted by atomic mass is 19.1. The minimum absolute atomic E-state index is 0.119. The molecule has 2 nitrogen and oxygen atoms in total. The second-order valence-electron chi connectivity index (χ2n) is 3.61. The third-order valence-electron chi connectivity index (χ3n) is 2.60. The molecule has 0 saturated heterocycles. The molecule has 78 valence electrons.